The molecule has 0 spiro atoms. The summed E-state index contributed by atoms with van der Waals surface area (Å²) in [4.78, 5) is 11.8. The van der Waals surface area contributed by atoms with Crippen molar-refractivity contribution in [1.82, 2.24) is 5.32 Å². The van der Waals surface area contributed by atoms with Crippen molar-refractivity contribution in [2.75, 3.05) is 39.2 Å². The van der Waals surface area contributed by atoms with Crippen molar-refractivity contribution in [3.8, 4) is 0 Å². The van der Waals surface area contributed by atoms with Crippen LogP contribution in [0.15, 0.2) is 22.7 Å². The smallest absolute Gasteiger partial charge is 0.253 e. The molecule has 0 unspecified atom stereocenters. The Morgan fingerprint density at radius 2 is 2.16 bits per heavy atom. The Bertz CT molecular complexity index is 413. The highest BCUT2D eigenvalue weighted by Gasteiger charge is 2.08. The van der Waals surface area contributed by atoms with Gasteiger partial charge in [-0.05, 0) is 24.6 Å². The number of benzene rings is 1. The molecule has 5 nitrogen and oxygen atoms in total. The SMILES string of the molecule is COCCOCCCNC(=O)c1ccc(Br)cc1N. The normalized spacial score (nSPS) is 10.4. The molecule has 1 aromatic rings. The average molecular weight is 331 g/mol. The van der Waals surface area contributed by atoms with Crippen LogP contribution in [0, 0.1) is 0 Å². The first-order valence-electron chi connectivity index (χ1n) is 6.05. The Morgan fingerprint density at radius 3 is 2.84 bits per heavy atom. The number of amides is 1. The van der Waals surface area contributed by atoms with E-state index in [0.29, 0.717) is 37.6 Å². The van der Waals surface area contributed by atoms with Gasteiger partial charge in [0, 0.05) is 30.4 Å². The number of nitrogens with one attached hydrogen (secondary N) is 1. The molecule has 1 rings (SSSR count). The van der Waals surface area contributed by atoms with E-state index in [0.717, 1.165) is 10.9 Å². The molecule has 0 aliphatic heterocycles. The van der Waals surface area contributed by atoms with Crippen LogP contribution in [-0.4, -0.2) is 39.4 Å². The number of hydrogen-bond acceptors (Lipinski definition) is 4. The number of nitrogens with two attached hydrogens (primary N) is 1. The maximum Gasteiger partial charge on any atom is 0.253 e. The summed E-state index contributed by atoms with van der Waals surface area (Å²) >= 11 is 3.30. The van der Waals surface area contributed by atoms with Gasteiger partial charge in [0.05, 0.1) is 18.8 Å². The number of carbonyl (C=O) groups is 1. The molecule has 3 N–H and O–H groups in total. The van der Waals surface area contributed by atoms with Gasteiger partial charge in [-0.2, -0.15) is 0 Å². The Labute approximate surface area is 121 Å². The Morgan fingerprint density at radius 1 is 1.37 bits per heavy atom. The quantitative estimate of drug-likeness (QED) is 0.563. The summed E-state index contributed by atoms with van der Waals surface area (Å²) in [5.41, 5.74) is 6.73. The maximum atomic E-state index is 11.8. The van der Waals surface area contributed by atoms with Crippen molar-refractivity contribution in [1.29, 1.82) is 0 Å². The van der Waals surface area contributed by atoms with Crippen molar-refractivity contribution in [3.63, 3.8) is 0 Å². The minimum Gasteiger partial charge on any atom is -0.398 e. The largest absolute Gasteiger partial charge is 0.398 e. The van der Waals surface area contributed by atoms with Gasteiger partial charge in [0.15, 0.2) is 0 Å². The summed E-state index contributed by atoms with van der Waals surface area (Å²) in [6.07, 6.45) is 0.756. The summed E-state index contributed by atoms with van der Waals surface area (Å²) in [5, 5.41) is 2.80. The molecule has 0 radical (unpaired) electrons. The van der Waals surface area contributed by atoms with Crippen LogP contribution in [0.1, 0.15) is 16.8 Å². The third-order valence-corrected chi connectivity index (χ3v) is 2.93. The number of rotatable bonds is 8. The monoisotopic (exact) mass is 330 g/mol. The lowest BCUT2D eigenvalue weighted by Gasteiger charge is -2.08. The molecule has 0 atom stereocenters. The van der Waals surface area contributed by atoms with E-state index in [2.05, 4.69) is 21.2 Å². The standard InChI is InChI=1S/C13H19BrN2O3/c1-18-7-8-19-6-2-5-16-13(17)11-4-3-10(14)9-12(11)15/h3-4,9H,2,5-8,15H2,1H3,(H,16,17). The van der Waals surface area contributed by atoms with Gasteiger partial charge in [-0.3, -0.25) is 4.79 Å². The summed E-state index contributed by atoms with van der Waals surface area (Å²) in [6.45, 7) is 2.31. The van der Waals surface area contributed by atoms with Gasteiger partial charge >= 0.3 is 0 Å². The van der Waals surface area contributed by atoms with E-state index in [1.165, 1.54) is 0 Å². The fourth-order valence-electron chi connectivity index (χ4n) is 1.46. The lowest BCUT2D eigenvalue weighted by Crippen LogP contribution is -2.26. The first kappa shape index (κ1) is 15.9. The van der Waals surface area contributed by atoms with E-state index in [-0.39, 0.29) is 5.91 Å². The molecule has 0 fully saturated rings. The Hall–Kier alpha value is -1.11. The third kappa shape index (κ3) is 6.04. The van der Waals surface area contributed by atoms with Crippen molar-refractivity contribution in [2.24, 2.45) is 0 Å². The zero-order valence-corrected chi connectivity index (χ0v) is 12.5. The maximum absolute atomic E-state index is 11.8. The van der Waals surface area contributed by atoms with Gasteiger partial charge in [0.25, 0.3) is 5.91 Å². The van der Waals surface area contributed by atoms with E-state index < -0.39 is 0 Å². The second kappa shape index (κ2) is 8.90. The molecule has 0 aliphatic carbocycles. The molecule has 1 aromatic carbocycles. The summed E-state index contributed by atoms with van der Waals surface area (Å²) in [7, 11) is 1.63. The fourth-order valence-corrected chi connectivity index (χ4v) is 1.83. The van der Waals surface area contributed by atoms with Gasteiger partial charge < -0.3 is 20.5 Å². The van der Waals surface area contributed by atoms with Crippen LogP contribution in [0.25, 0.3) is 0 Å². The van der Waals surface area contributed by atoms with Gasteiger partial charge in [0.2, 0.25) is 0 Å². The third-order valence-electron chi connectivity index (χ3n) is 2.44. The second-order valence-electron chi connectivity index (χ2n) is 3.95. The summed E-state index contributed by atoms with van der Waals surface area (Å²) < 4.78 is 11.0. The van der Waals surface area contributed by atoms with E-state index in [1.54, 1.807) is 25.3 Å². The van der Waals surface area contributed by atoms with Gasteiger partial charge in [-0.15, -0.1) is 0 Å². The number of anilines is 1. The second-order valence-corrected chi connectivity index (χ2v) is 4.86. The number of ether oxygens (including phenoxy) is 2. The summed E-state index contributed by atoms with van der Waals surface area (Å²) in [6, 6.07) is 5.20. The predicted octanol–water partition coefficient (Wildman–Crippen LogP) is 1.81. The molecule has 0 saturated heterocycles. The van der Waals surface area contributed by atoms with E-state index in [9.17, 15) is 4.79 Å². The number of carbonyl (C=O) groups excluding carboxylic acids is 1. The van der Waals surface area contributed by atoms with Crippen LogP contribution in [-0.2, 0) is 9.47 Å². The predicted molar refractivity (Wildman–Crippen MR) is 78.2 cm³/mol. The van der Waals surface area contributed by atoms with Gasteiger partial charge in [0.1, 0.15) is 0 Å². The van der Waals surface area contributed by atoms with Crippen LogP contribution in [0.4, 0.5) is 5.69 Å². The van der Waals surface area contributed by atoms with Crippen molar-refractivity contribution in [2.45, 2.75) is 6.42 Å². The van der Waals surface area contributed by atoms with Crippen LogP contribution in [0.3, 0.4) is 0 Å². The highest BCUT2D eigenvalue weighted by atomic mass is 79.9. The molecular weight excluding hydrogens is 312 g/mol. The number of nitrogen functional groups attached to an aromatic ring is 1. The molecule has 0 aliphatic rings. The van der Waals surface area contributed by atoms with Crippen LogP contribution in [0.2, 0.25) is 0 Å². The Kier molecular flexibility index (Phi) is 7.47. The average Bonchev–Trinajstić information content (AvgIpc) is 2.37. The summed E-state index contributed by atoms with van der Waals surface area (Å²) in [5.74, 6) is -0.165. The lowest BCUT2D eigenvalue weighted by atomic mass is 10.1. The molecule has 0 bridgehead atoms. The highest BCUT2D eigenvalue weighted by molar-refractivity contribution is 9.10. The highest BCUT2D eigenvalue weighted by Crippen LogP contribution is 2.18. The van der Waals surface area contributed by atoms with Crippen LogP contribution in [0.5, 0.6) is 0 Å². The van der Waals surface area contributed by atoms with Crippen LogP contribution < -0.4 is 11.1 Å². The van der Waals surface area contributed by atoms with E-state index >= 15 is 0 Å². The fraction of sp³-hybridized carbons (Fsp3) is 0.462. The number of hydrogen-bond donors (Lipinski definition) is 2. The number of methoxy groups -OCH3 is 1. The zero-order valence-electron chi connectivity index (χ0n) is 10.9. The minimum atomic E-state index is -0.165. The molecule has 106 valence electrons. The molecule has 6 heteroatoms. The van der Waals surface area contributed by atoms with Crippen molar-refractivity contribution >= 4 is 27.5 Å². The molecule has 0 aromatic heterocycles. The first-order valence-corrected chi connectivity index (χ1v) is 6.84. The topological polar surface area (TPSA) is 73.6 Å². The number of halogens is 1. The molecule has 0 saturated carbocycles. The van der Waals surface area contributed by atoms with Crippen molar-refractivity contribution in [3.05, 3.63) is 28.2 Å². The molecule has 0 heterocycles. The molecule has 19 heavy (non-hydrogen) atoms. The van der Waals surface area contributed by atoms with Gasteiger partial charge in [-0.1, -0.05) is 15.9 Å². The Balaban J connectivity index is 2.24. The van der Waals surface area contributed by atoms with Crippen LogP contribution >= 0.6 is 15.9 Å². The zero-order chi connectivity index (χ0) is 14.1. The minimum absolute atomic E-state index is 0.165. The molecule has 1 amide bonds. The van der Waals surface area contributed by atoms with Crippen molar-refractivity contribution < 1.29 is 14.3 Å². The lowest BCUT2D eigenvalue weighted by molar-refractivity contribution is 0.0688. The van der Waals surface area contributed by atoms with E-state index in [1.807, 2.05) is 0 Å². The molecular formula is C13H19BrN2O3. The van der Waals surface area contributed by atoms with E-state index in [4.69, 9.17) is 15.2 Å². The van der Waals surface area contributed by atoms with Gasteiger partial charge in [-0.25, -0.2) is 0 Å². The first-order chi connectivity index (χ1) is 9.15.